The highest BCUT2D eigenvalue weighted by Gasteiger charge is 2.40. The molecule has 0 unspecified atom stereocenters. The van der Waals surface area contributed by atoms with E-state index in [1.165, 1.54) is 0 Å². The van der Waals surface area contributed by atoms with Crippen LogP contribution in [-0.2, 0) is 19.1 Å². The van der Waals surface area contributed by atoms with E-state index in [2.05, 4.69) is 5.32 Å². The highest BCUT2D eigenvalue weighted by atomic mass is 16.5. The van der Waals surface area contributed by atoms with Gasteiger partial charge in [-0.25, -0.2) is 0 Å². The van der Waals surface area contributed by atoms with Gasteiger partial charge in [0.25, 0.3) is 5.91 Å². The number of amides is 2. The van der Waals surface area contributed by atoms with E-state index in [0.717, 1.165) is 25.0 Å². The molecule has 1 aromatic carbocycles. The van der Waals surface area contributed by atoms with Crippen molar-refractivity contribution in [1.29, 1.82) is 0 Å². The molecule has 2 aliphatic heterocycles. The van der Waals surface area contributed by atoms with E-state index < -0.39 is 12.1 Å². The fraction of sp³-hybridized carbons (Fsp3) is 0.529. The van der Waals surface area contributed by atoms with E-state index in [9.17, 15) is 9.59 Å². The van der Waals surface area contributed by atoms with Crippen molar-refractivity contribution in [3.8, 4) is 0 Å². The first kappa shape index (κ1) is 16.0. The minimum Gasteiger partial charge on any atom is -0.376 e. The summed E-state index contributed by atoms with van der Waals surface area (Å²) >= 11 is 0. The Kier molecular flexibility index (Phi) is 4.93. The fourth-order valence-corrected chi connectivity index (χ4v) is 3.10. The molecule has 124 valence electrons. The minimum atomic E-state index is -0.707. The van der Waals surface area contributed by atoms with E-state index in [-0.39, 0.29) is 24.5 Å². The highest BCUT2D eigenvalue weighted by molar-refractivity contribution is 5.86. The molecule has 23 heavy (non-hydrogen) atoms. The van der Waals surface area contributed by atoms with Crippen LogP contribution in [0.25, 0.3) is 0 Å². The van der Waals surface area contributed by atoms with E-state index >= 15 is 0 Å². The van der Waals surface area contributed by atoms with Crippen LogP contribution >= 0.6 is 0 Å². The molecule has 0 saturated carbocycles. The molecule has 2 saturated heterocycles. The third-order valence-corrected chi connectivity index (χ3v) is 4.41. The zero-order valence-electron chi connectivity index (χ0n) is 13.2. The predicted molar refractivity (Wildman–Crippen MR) is 83.7 cm³/mol. The Morgan fingerprint density at radius 2 is 2.09 bits per heavy atom. The molecule has 3 atom stereocenters. The Balaban J connectivity index is 1.72. The van der Waals surface area contributed by atoms with Crippen molar-refractivity contribution in [3.05, 3.63) is 35.9 Å². The van der Waals surface area contributed by atoms with Gasteiger partial charge in [-0.3, -0.25) is 9.59 Å². The number of morpholine rings is 1. The Hall–Kier alpha value is -1.92. The summed E-state index contributed by atoms with van der Waals surface area (Å²) in [5.74, 6) is -0.323. The van der Waals surface area contributed by atoms with Gasteiger partial charge in [-0.2, -0.15) is 0 Å². The number of hydrogen-bond acceptors (Lipinski definition) is 4. The SMILES string of the molecule is CN1C(=O)CO[C@H](C(=O)NC[C@@H]2CCCO2)[C@@H]1c1ccccc1. The maximum Gasteiger partial charge on any atom is 0.251 e. The average molecular weight is 318 g/mol. The number of carbonyl (C=O) groups excluding carboxylic acids is 2. The lowest BCUT2D eigenvalue weighted by atomic mass is 9.97. The number of nitrogens with one attached hydrogen (secondary N) is 1. The molecule has 1 N–H and O–H groups in total. The van der Waals surface area contributed by atoms with E-state index in [0.29, 0.717) is 6.54 Å². The van der Waals surface area contributed by atoms with Gasteiger partial charge in [0.2, 0.25) is 5.91 Å². The second kappa shape index (κ2) is 7.10. The van der Waals surface area contributed by atoms with Crippen molar-refractivity contribution >= 4 is 11.8 Å². The van der Waals surface area contributed by atoms with E-state index in [1.807, 2.05) is 30.3 Å². The number of nitrogens with zero attached hydrogens (tertiary/aromatic N) is 1. The molecule has 0 spiro atoms. The first-order valence-electron chi connectivity index (χ1n) is 7.98. The summed E-state index contributed by atoms with van der Waals surface area (Å²) < 4.78 is 11.1. The van der Waals surface area contributed by atoms with Gasteiger partial charge in [0.1, 0.15) is 6.61 Å². The monoisotopic (exact) mass is 318 g/mol. The van der Waals surface area contributed by atoms with Crippen molar-refractivity contribution in [1.82, 2.24) is 10.2 Å². The average Bonchev–Trinajstić information content (AvgIpc) is 3.09. The second-order valence-corrected chi connectivity index (χ2v) is 5.97. The fourth-order valence-electron chi connectivity index (χ4n) is 3.10. The minimum absolute atomic E-state index is 0.0716. The second-order valence-electron chi connectivity index (χ2n) is 5.97. The Bertz CT molecular complexity index is 557. The van der Waals surface area contributed by atoms with Crippen LogP contribution in [0, 0.1) is 0 Å². The third kappa shape index (κ3) is 3.54. The van der Waals surface area contributed by atoms with Gasteiger partial charge >= 0.3 is 0 Å². The van der Waals surface area contributed by atoms with Crippen LogP contribution in [-0.4, -0.2) is 55.7 Å². The molecule has 6 nitrogen and oxygen atoms in total. The smallest absolute Gasteiger partial charge is 0.251 e. The summed E-state index contributed by atoms with van der Waals surface area (Å²) in [5, 5.41) is 2.90. The lowest BCUT2D eigenvalue weighted by Gasteiger charge is -2.38. The predicted octanol–water partition coefficient (Wildman–Crippen LogP) is 0.880. The first-order valence-corrected chi connectivity index (χ1v) is 7.98. The topological polar surface area (TPSA) is 67.9 Å². The molecular formula is C17H22N2O4. The molecule has 1 aromatic rings. The van der Waals surface area contributed by atoms with Gasteiger partial charge in [-0.05, 0) is 18.4 Å². The van der Waals surface area contributed by atoms with Crippen molar-refractivity contribution in [2.45, 2.75) is 31.1 Å². The van der Waals surface area contributed by atoms with E-state index in [4.69, 9.17) is 9.47 Å². The van der Waals surface area contributed by atoms with Crippen molar-refractivity contribution in [2.24, 2.45) is 0 Å². The van der Waals surface area contributed by atoms with E-state index in [1.54, 1.807) is 11.9 Å². The zero-order chi connectivity index (χ0) is 16.2. The molecule has 0 aromatic heterocycles. The molecule has 2 amide bonds. The summed E-state index contributed by atoms with van der Waals surface area (Å²) in [4.78, 5) is 26.1. The number of rotatable bonds is 4. The molecule has 2 fully saturated rings. The van der Waals surface area contributed by atoms with Crippen LogP contribution in [0.5, 0.6) is 0 Å². The van der Waals surface area contributed by atoms with Crippen molar-refractivity contribution in [2.75, 3.05) is 26.8 Å². The van der Waals surface area contributed by atoms with Gasteiger partial charge in [0, 0.05) is 20.2 Å². The van der Waals surface area contributed by atoms with Crippen molar-refractivity contribution in [3.63, 3.8) is 0 Å². The van der Waals surface area contributed by atoms with Crippen LogP contribution < -0.4 is 5.32 Å². The third-order valence-electron chi connectivity index (χ3n) is 4.41. The van der Waals surface area contributed by atoms with Crippen LogP contribution in [0.15, 0.2) is 30.3 Å². The molecule has 0 aliphatic carbocycles. The van der Waals surface area contributed by atoms with Crippen molar-refractivity contribution < 1.29 is 19.1 Å². The summed E-state index contributed by atoms with van der Waals surface area (Å²) in [6.45, 7) is 1.17. The lowest BCUT2D eigenvalue weighted by Crippen LogP contribution is -2.53. The van der Waals surface area contributed by atoms with Gasteiger partial charge in [-0.15, -0.1) is 0 Å². The quantitative estimate of drug-likeness (QED) is 0.895. The molecule has 0 radical (unpaired) electrons. The molecule has 2 aliphatic rings. The largest absolute Gasteiger partial charge is 0.376 e. The summed E-state index contributed by atoms with van der Waals surface area (Å²) in [7, 11) is 1.71. The maximum absolute atomic E-state index is 12.6. The molecule has 2 heterocycles. The molecule has 6 heteroatoms. The Morgan fingerprint density at radius 3 is 2.78 bits per heavy atom. The van der Waals surface area contributed by atoms with Gasteiger partial charge < -0.3 is 19.7 Å². The van der Waals surface area contributed by atoms with Crippen LogP contribution in [0.2, 0.25) is 0 Å². The Labute approximate surface area is 135 Å². The number of likely N-dealkylation sites (N-methyl/N-ethyl adjacent to an activating group) is 1. The van der Waals surface area contributed by atoms with Gasteiger partial charge in [0.15, 0.2) is 6.10 Å². The summed E-state index contributed by atoms with van der Waals surface area (Å²) in [6, 6.07) is 9.09. The number of carbonyl (C=O) groups is 2. The number of hydrogen-bond donors (Lipinski definition) is 1. The maximum atomic E-state index is 12.6. The first-order chi connectivity index (χ1) is 11.2. The zero-order valence-corrected chi connectivity index (χ0v) is 13.2. The molecule has 3 rings (SSSR count). The highest BCUT2D eigenvalue weighted by Crippen LogP contribution is 2.29. The lowest BCUT2D eigenvalue weighted by molar-refractivity contribution is -0.162. The van der Waals surface area contributed by atoms with Crippen LogP contribution in [0.1, 0.15) is 24.4 Å². The van der Waals surface area contributed by atoms with Crippen LogP contribution in [0.4, 0.5) is 0 Å². The molecular weight excluding hydrogens is 296 g/mol. The molecule has 0 bridgehead atoms. The number of ether oxygens (including phenoxy) is 2. The number of benzene rings is 1. The summed E-state index contributed by atoms with van der Waals surface area (Å²) in [5.41, 5.74) is 0.889. The summed E-state index contributed by atoms with van der Waals surface area (Å²) in [6.07, 6.45) is 1.37. The van der Waals surface area contributed by atoms with Gasteiger partial charge in [-0.1, -0.05) is 30.3 Å². The van der Waals surface area contributed by atoms with Gasteiger partial charge in [0.05, 0.1) is 12.1 Å². The standard InChI is InChI=1S/C17H22N2O4/c1-19-14(20)11-23-16(15(19)12-6-3-2-4-7-12)17(21)18-10-13-8-5-9-22-13/h2-4,6-7,13,15-16H,5,8-11H2,1H3,(H,18,21)/t13-,15-,16-/m0/s1. The Morgan fingerprint density at radius 1 is 1.30 bits per heavy atom. The van der Waals surface area contributed by atoms with Crippen LogP contribution in [0.3, 0.4) is 0 Å². The normalized spacial score (nSPS) is 28.0.